The highest BCUT2D eigenvalue weighted by molar-refractivity contribution is 5.77. The van der Waals surface area contributed by atoms with Crippen LogP contribution in [-0.2, 0) is 16.1 Å². The van der Waals surface area contributed by atoms with E-state index in [1.54, 1.807) is 0 Å². The highest BCUT2D eigenvalue weighted by Crippen LogP contribution is 2.32. The molecule has 1 unspecified atom stereocenters. The minimum absolute atomic E-state index is 0.0136. The van der Waals surface area contributed by atoms with Crippen molar-refractivity contribution in [2.75, 3.05) is 6.61 Å². The minimum atomic E-state index is -0.0136. The van der Waals surface area contributed by atoms with Crippen LogP contribution in [0.2, 0.25) is 0 Å². The molecule has 17 heavy (non-hydrogen) atoms. The Bertz CT molecular complexity index is 360. The van der Waals surface area contributed by atoms with Crippen LogP contribution in [0.5, 0.6) is 0 Å². The van der Waals surface area contributed by atoms with Gasteiger partial charge in [0.25, 0.3) is 0 Å². The molecule has 1 fully saturated rings. The second kappa shape index (κ2) is 5.82. The Kier molecular flexibility index (Phi) is 4.15. The number of amides is 1. The first-order valence-electron chi connectivity index (χ1n) is 6.17. The molecular weight excluding hydrogens is 214 g/mol. The minimum Gasteiger partial charge on any atom is -0.367 e. The molecule has 1 N–H and O–H groups in total. The Hall–Kier alpha value is -1.35. The lowest BCUT2D eigenvalue weighted by Crippen LogP contribution is -2.36. The average Bonchev–Trinajstić information content (AvgIpc) is 3.14. The van der Waals surface area contributed by atoms with Gasteiger partial charge in [0.2, 0.25) is 5.91 Å². The summed E-state index contributed by atoms with van der Waals surface area (Å²) in [7, 11) is 0. The zero-order chi connectivity index (χ0) is 12.1. The summed E-state index contributed by atoms with van der Waals surface area (Å²) in [6, 6.07) is 10.2. The highest BCUT2D eigenvalue weighted by Gasteiger charge is 2.28. The van der Waals surface area contributed by atoms with Crippen LogP contribution >= 0.6 is 0 Å². The molecule has 1 aliphatic rings. The van der Waals surface area contributed by atoms with Gasteiger partial charge >= 0.3 is 0 Å². The molecule has 0 aliphatic heterocycles. The topological polar surface area (TPSA) is 38.3 Å². The smallest absolute Gasteiger partial charge is 0.246 e. The van der Waals surface area contributed by atoms with E-state index in [1.165, 1.54) is 12.8 Å². The van der Waals surface area contributed by atoms with Gasteiger partial charge in [-0.05, 0) is 31.2 Å². The predicted molar refractivity (Wildman–Crippen MR) is 66.4 cm³/mol. The number of hydrogen-bond donors (Lipinski definition) is 1. The average molecular weight is 233 g/mol. The summed E-state index contributed by atoms with van der Waals surface area (Å²) in [5.74, 6) is 0.674. The molecule has 0 saturated heterocycles. The van der Waals surface area contributed by atoms with Crippen LogP contribution in [0.25, 0.3) is 0 Å². The molecular formula is C14H19NO2. The Labute approximate surface area is 102 Å². The van der Waals surface area contributed by atoms with Crippen LogP contribution in [0.15, 0.2) is 30.3 Å². The zero-order valence-electron chi connectivity index (χ0n) is 10.2. The number of carbonyl (C=O) groups excluding carboxylic acids is 1. The summed E-state index contributed by atoms with van der Waals surface area (Å²) in [5.41, 5.74) is 1.09. The van der Waals surface area contributed by atoms with Crippen molar-refractivity contribution < 1.29 is 9.53 Å². The van der Waals surface area contributed by atoms with Crippen LogP contribution in [0.4, 0.5) is 0 Å². The van der Waals surface area contributed by atoms with Gasteiger partial charge in [-0.2, -0.15) is 0 Å². The third kappa shape index (κ3) is 4.19. The van der Waals surface area contributed by atoms with E-state index in [1.807, 2.05) is 30.3 Å². The lowest BCUT2D eigenvalue weighted by molar-refractivity contribution is -0.126. The van der Waals surface area contributed by atoms with Gasteiger partial charge in [0.15, 0.2) is 0 Å². The Morgan fingerprint density at radius 3 is 2.76 bits per heavy atom. The van der Waals surface area contributed by atoms with Crippen LogP contribution < -0.4 is 5.32 Å². The Morgan fingerprint density at radius 2 is 2.12 bits per heavy atom. The summed E-state index contributed by atoms with van der Waals surface area (Å²) in [5, 5.41) is 2.96. The van der Waals surface area contributed by atoms with Gasteiger partial charge in [-0.1, -0.05) is 30.3 Å². The molecule has 1 atom stereocenters. The van der Waals surface area contributed by atoms with Crippen LogP contribution in [0.1, 0.15) is 25.3 Å². The molecule has 0 radical (unpaired) electrons. The third-order valence-electron chi connectivity index (χ3n) is 3.06. The second-order valence-corrected chi connectivity index (χ2v) is 4.67. The predicted octanol–water partition coefficient (Wildman–Crippen LogP) is 2.12. The van der Waals surface area contributed by atoms with E-state index in [0.717, 1.165) is 5.56 Å². The van der Waals surface area contributed by atoms with Crippen LogP contribution in [0.3, 0.4) is 0 Å². The van der Waals surface area contributed by atoms with Gasteiger partial charge in [-0.15, -0.1) is 0 Å². The number of rotatable bonds is 6. The first-order chi connectivity index (χ1) is 8.25. The van der Waals surface area contributed by atoms with Gasteiger partial charge in [-0.3, -0.25) is 4.79 Å². The van der Waals surface area contributed by atoms with E-state index >= 15 is 0 Å². The standard InChI is InChI=1S/C14H19NO2/c1-11(13-7-8-13)15-14(16)10-17-9-12-5-3-2-4-6-12/h2-6,11,13H,7-10H2,1H3,(H,15,16). The lowest BCUT2D eigenvalue weighted by atomic mass is 10.2. The Balaban J connectivity index is 1.63. The molecule has 0 bridgehead atoms. The van der Waals surface area contributed by atoms with Gasteiger partial charge in [0.1, 0.15) is 6.61 Å². The third-order valence-corrected chi connectivity index (χ3v) is 3.06. The fourth-order valence-corrected chi connectivity index (χ4v) is 1.85. The van der Waals surface area contributed by atoms with E-state index < -0.39 is 0 Å². The summed E-state index contributed by atoms with van der Waals surface area (Å²) in [4.78, 5) is 11.5. The molecule has 0 spiro atoms. The molecule has 3 heteroatoms. The number of benzene rings is 1. The van der Waals surface area contributed by atoms with E-state index in [-0.39, 0.29) is 12.5 Å². The van der Waals surface area contributed by atoms with Gasteiger partial charge in [0, 0.05) is 6.04 Å². The summed E-state index contributed by atoms with van der Waals surface area (Å²) >= 11 is 0. The van der Waals surface area contributed by atoms with Gasteiger partial charge < -0.3 is 10.1 Å². The highest BCUT2D eigenvalue weighted by atomic mass is 16.5. The number of ether oxygens (including phenoxy) is 1. The van der Waals surface area contributed by atoms with Crippen molar-refractivity contribution >= 4 is 5.91 Å². The van der Waals surface area contributed by atoms with Crippen molar-refractivity contribution in [3.8, 4) is 0 Å². The van der Waals surface area contributed by atoms with Crippen molar-refractivity contribution in [1.82, 2.24) is 5.32 Å². The maximum Gasteiger partial charge on any atom is 0.246 e. The molecule has 1 amide bonds. The van der Waals surface area contributed by atoms with E-state index in [0.29, 0.717) is 18.6 Å². The maximum absolute atomic E-state index is 11.5. The van der Waals surface area contributed by atoms with Crippen LogP contribution in [-0.4, -0.2) is 18.6 Å². The quantitative estimate of drug-likeness (QED) is 0.817. The SMILES string of the molecule is CC(NC(=O)COCc1ccccc1)C1CC1. The molecule has 92 valence electrons. The largest absolute Gasteiger partial charge is 0.367 e. The van der Waals surface area contributed by atoms with Gasteiger partial charge in [-0.25, -0.2) is 0 Å². The molecule has 1 aliphatic carbocycles. The fraction of sp³-hybridized carbons (Fsp3) is 0.500. The van der Waals surface area contributed by atoms with E-state index in [2.05, 4.69) is 12.2 Å². The van der Waals surface area contributed by atoms with Gasteiger partial charge in [0.05, 0.1) is 6.61 Å². The molecule has 0 heterocycles. The first-order valence-corrected chi connectivity index (χ1v) is 6.17. The van der Waals surface area contributed by atoms with Crippen LogP contribution in [0, 0.1) is 5.92 Å². The van der Waals surface area contributed by atoms with E-state index in [4.69, 9.17) is 4.74 Å². The molecule has 1 saturated carbocycles. The number of nitrogens with one attached hydrogen (secondary N) is 1. The fourth-order valence-electron chi connectivity index (χ4n) is 1.85. The molecule has 0 aromatic heterocycles. The molecule has 1 aromatic rings. The van der Waals surface area contributed by atoms with Crippen molar-refractivity contribution in [3.63, 3.8) is 0 Å². The lowest BCUT2D eigenvalue weighted by Gasteiger charge is -2.12. The number of carbonyl (C=O) groups is 1. The monoisotopic (exact) mass is 233 g/mol. The Morgan fingerprint density at radius 1 is 1.41 bits per heavy atom. The van der Waals surface area contributed by atoms with Crippen molar-refractivity contribution in [1.29, 1.82) is 0 Å². The van der Waals surface area contributed by atoms with Crippen molar-refractivity contribution in [2.24, 2.45) is 5.92 Å². The van der Waals surface area contributed by atoms with Crippen molar-refractivity contribution in [3.05, 3.63) is 35.9 Å². The second-order valence-electron chi connectivity index (χ2n) is 4.67. The normalized spacial score (nSPS) is 16.5. The summed E-state index contributed by atoms with van der Waals surface area (Å²) < 4.78 is 5.37. The van der Waals surface area contributed by atoms with Crippen molar-refractivity contribution in [2.45, 2.75) is 32.4 Å². The number of hydrogen-bond acceptors (Lipinski definition) is 2. The zero-order valence-corrected chi connectivity index (χ0v) is 10.2. The van der Waals surface area contributed by atoms with E-state index in [9.17, 15) is 4.79 Å². The first kappa shape index (κ1) is 12.1. The maximum atomic E-state index is 11.5. The summed E-state index contributed by atoms with van der Waals surface area (Å²) in [6.45, 7) is 2.70. The molecule has 3 nitrogen and oxygen atoms in total. The summed E-state index contributed by atoms with van der Waals surface area (Å²) in [6.07, 6.45) is 2.48. The molecule has 2 rings (SSSR count). The molecule has 1 aromatic carbocycles.